The molecule has 2 aromatic rings. The molecule has 1 aromatic heterocycles. The van der Waals surface area contributed by atoms with Gasteiger partial charge in [0.25, 0.3) is 0 Å². The molecule has 0 spiro atoms. The molecule has 2 saturated heterocycles. The molecule has 11 heteroatoms. The molecule has 0 bridgehead atoms. The molecule has 3 aliphatic rings. The predicted molar refractivity (Wildman–Crippen MR) is 153 cm³/mol. The summed E-state index contributed by atoms with van der Waals surface area (Å²) < 4.78 is 49.3. The van der Waals surface area contributed by atoms with Gasteiger partial charge in [0.1, 0.15) is 24.0 Å². The fourth-order valence-corrected chi connectivity index (χ4v) is 7.87. The van der Waals surface area contributed by atoms with E-state index >= 15 is 4.39 Å². The number of hydrogen-bond donors (Lipinski definition) is 0. The molecule has 1 aromatic carbocycles. The Labute approximate surface area is 236 Å². The van der Waals surface area contributed by atoms with E-state index in [2.05, 4.69) is 34.5 Å². The monoisotopic (exact) mass is 573 g/mol. The number of nitrogens with zero attached hydrogens (tertiary/aromatic N) is 5. The van der Waals surface area contributed by atoms with Gasteiger partial charge in [0.15, 0.2) is 0 Å². The van der Waals surface area contributed by atoms with E-state index in [0.717, 1.165) is 6.42 Å². The maximum atomic E-state index is 15.1. The van der Waals surface area contributed by atoms with E-state index in [0.29, 0.717) is 50.0 Å². The molecular weight excluding hydrogens is 533 g/mol. The van der Waals surface area contributed by atoms with Crippen LogP contribution in [0.25, 0.3) is 0 Å². The van der Waals surface area contributed by atoms with Gasteiger partial charge in [-0.15, -0.1) is 10.2 Å². The quantitative estimate of drug-likeness (QED) is 0.467. The molecule has 0 saturated carbocycles. The molecule has 2 atom stereocenters. The second kappa shape index (κ2) is 13.1. The third-order valence-electron chi connectivity index (χ3n) is 8.28. The highest BCUT2D eigenvalue weighted by Gasteiger charge is 2.44. The summed E-state index contributed by atoms with van der Waals surface area (Å²) in [7, 11) is -2.09. The number of benzene rings is 1. The third-order valence-corrected chi connectivity index (χ3v) is 10.8. The van der Waals surface area contributed by atoms with Crippen molar-refractivity contribution in [2.24, 2.45) is 0 Å². The summed E-state index contributed by atoms with van der Waals surface area (Å²) in [6, 6.07) is 4.79. The van der Waals surface area contributed by atoms with Crippen LogP contribution in [-0.2, 0) is 31.6 Å². The number of rotatable bonds is 6. The van der Waals surface area contributed by atoms with Gasteiger partial charge < -0.3 is 14.2 Å². The van der Waals surface area contributed by atoms with Gasteiger partial charge in [0.2, 0.25) is 10.0 Å². The van der Waals surface area contributed by atoms with E-state index in [9.17, 15) is 13.2 Å². The van der Waals surface area contributed by atoms with Gasteiger partial charge >= 0.3 is 5.97 Å². The molecule has 0 radical (unpaired) electrons. The highest BCUT2D eigenvalue weighted by atomic mass is 32.2. The minimum absolute atomic E-state index is 0.0329. The summed E-state index contributed by atoms with van der Waals surface area (Å²) in [5.41, 5.74) is 0.174. The summed E-state index contributed by atoms with van der Waals surface area (Å²) in [6.07, 6.45) is 16.9. The molecule has 2 fully saturated rings. The summed E-state index contributed by atoms with van der Waals surface area (Å²) in [5, 5.41) is 7.25. The van der Waals surface area contributed by atoms with E-state index in [-0.39, 0.29) is 18.6 Å². The lowest BCUT2D eigenvalue weighted by Gasteiger charge is -2.41. The number of sulfonamides is 1. The van der Waals surface area contributed by atoms with Crippen molar-refractivity contribution in [1.82, 2.24) is 19.1 Å². The van der Waals surface area contributed by atoms with E-state index in [1.165, 1.54) is 43.0 Å². The molecule has 3 heterocycles. The highest BCUT2D eigenvalue weighted by molar-refractivity contribution is 7.89. The zero-order chi connectivity index (χ0) is 28.8. The Morgan fingerprint density at radius 1 is 1.10 bits per heavy atom. The van der Waals surface area contributed by atoms with Crippen molar-refractivity contribution < 1.29 is 22.3 Å². The second-order valence-electron chi connectivity index (χ2n) is 10.6. The number of aromatic nitrogens is 3. The normalized spacial score (nSPS) is 23.8. The molecule has 1 unspecified atom stereocenters. The number of esters is 1. The first-order chi connectivity index (χ1) is 19.2. The molecule has 1 aliphatic carbocycles. The molecule has 2 aliphatic heterocycles. The first-order valence-corrected chi connectivity index (χ1v) is 15.5. The molecule has 40 heavy (non-hydrogen) atoms. The smallest absolute Gasteiger partial charge is 0.332 e. The number of carbonyl (C=O) groups excluding carboxylic acids is 1. The summed E-state index contributed by atoms with van der Waals surface area (Å²) in [5.74, 6) is -0.780. The summed E-state index contributed by atoms with van der Waals surface area (Å²) in [4.78, 5) is 14.6. The molecule has 5 rings (SSSR count). The number of methoxy groups -OCH3 is 1. The van der Waals surface area contributed by atoms with Crippen molar-refractivity contribution in [1.29, 1.82) is 0 Å². The number of piperidine rings is 1. The lowest BCUT2D eigenvalue weighted by molar-refractivity contribution is -0.152. The minimum atomic E-state index is -3.45. The van der Waals surface area contributed by atoms with E-state index < -0.39 is 26.6 Å². The van der Waals surface area contributed by atoms with Crippen molar-refractivity contribution in [2.75, 3.05) is 25.1 Å². The lowest BCUT2D eigenvalue weighted by Crippen LogP contribution is -2.51. The highest BCUT2D eigenvalue weighted by Crippen LogP contribution is 2.35. The topological polar surface area (TPSA) is 97.6 Å². The molecule has 0 N–H and O–H groups in total. The Balaban J connectivity index is 0.000000546. The lowest BCUT2D eigenvalue weighted by atomic mass is 9.87. The van der Waals surface area contributed by atoms with Crippen LogP contribution in [0.4, 0.5) is 10.1 Å². The van der Waals surface area contributed by atoms with Gasteiger partial charge in [-0.2, -0.15) is 4.31 Å². The number of anilines is 1. The van der Waals surface area contributed by atoms with Gasteiger partial charge in [-0.05, 0) is 64.0 Å². The maximum Gasteiger partial charge on any atom is 0.332 e. The largest absolute Gasteiger partial charge is 0.467 e. The van der Waals surface area contributed by atoms with Gasteiger partial charge in [-0.3, -0.25) is 0 Å². The predicted octanol–water partition coefficient (Wildman–Crippen LogP) is 4.57. The average molecular weight is 574 g/mol. The zero-order valence-electron chi connectivity index (χ0n) is 23.6. The fraction of sp³-hybridized carbons (Fsp3) is 0.552. The number of hydrogen-bond acceptors (Lipinski definition) is 7. The van der Waals surface area contributed by atoms with Crippen LogP contribution in [0.5, 0.6) is 0 Å². The summed E-state index contributed by atoms with van der Waals surface area (Å²) >= 11 is 0. The van der Waals surface area contributed by atoms with Crippen molar-refractivity contribution in [3.8, 4) is 0 Å². The third kappa shape index (κ3) is 6.30. The van der Waals surface area contributed by atoms with Crippen LogP contribution in [0.1, 0.15) is 64.4 Å². The second-order valence-corrected chi connectivity index (χ2v) is 12.8. The van der Waals surface area contributed by atoms with Crippen LogP contribution >= 0.6 is 0 Å². The van der Waals surface area contributed by atoms with Crippen LogP contribution < -0.4 is 4.90 Å². The van der Waals surface area contributed by atoms with E-state index in [4.69, 9.17) is 4.74 Å². The Morgan fingerprint density at radius 3 is 2.27 bits per heavy atom. The molecule has 9 nitrogen and oxygen atoms in total. The minimum Gasteiger partial charge on any atom is -0.467 e. The van der Waals surface area contributed by atoms with Crippen LogP contribution in [0.3, 0.4) is 0 Å². The molecule has 218 valence electrons. The van der Waals surface area contributed by atoms with Gasteiger partial charge in [0, 0.05) is 36.9 Å². The van der Waals surface area contributed by atoms with Gasteiger partial charge in [-0.1, -0.05) is 37.3 Å². The van der Waals surface area contributed by atoms with Crippen LogP contribution in [0, 0.1) is 5.82 Å². The number of carbonyl (C=O) groups is 1. The first kappa shape index (κ1) is 29.9. The van der Waals surface area contributed by atoms with Crippen molar-refractivity contribution in [2.45, 2.75) is 82.2 Å². The number of halogens is 1. The van der Waals surface area contributed by atoms with Crippen LogP contribution in [0.15, 0.2) is 55.2 Å². The standard InChI is InChI=1S/C23H32FN5O4S.C6H8/c1-4-20-8-5-17(2)29(34(20,31)32)14-18-6-7-19(13-21(18)24)27-11-9-23(10-12-27,22(30)33-3)28-15-25-26-16-28;1-2-4-6-5-3-1/h6-7,13,15-17,20H,4-5,8-12,14H2,1-3H3;1-4H,5-6H2/t17-,20?;/m0./s1. The Hall–Kier alpha value is -3.05. The molecular formula is C29H40FN5O4S. The summed E-state index contributed by atoms with van der Waals surface area (Å²) in [6.45, 7) is 4.82. The number of ether oxygens (including phenoxy) is 1. The fourth-order valence-electron chi connectivity index (χ4n) is 5.71. The van der Waals surface area contributed by atoms with Crippen molar-refractivity contribution in [3.05, 3.63) is 66.5 Å². The van der Waals surface area contributed by atoms with Gasteiger partial charge in [-0.25, -0.2) is 17.6 Å². The average Bonchev–Trinajstić information content (AvgIpc) is 3.52. The Morgan fingerprint density at radius 2 is 1.75 bits per heavy atom. The maximum absolute atomic E-state index is 15.1. The van der Waals surface area contributed by atoms with Gasteiger partial charge in [0.05, 0.1) is 12.4 Å². The Kier molecular flexibility index (Phi) is 9.78. The van der Waals surface area contributed by atoms with Crippen LogP contribution in [0.2, 0.25) is 0 Å². The first-order valence-electron chi connectivity index (χ1n) is 14.0. The van der Waals surface area contributed by atoms with E-state index in [1.54, 1.807) is 10.6 Å². The van der Waals surface area contributed by atoms with Crippen LogP contribution in [-0.4, -0.2) is 64.9 Å². The van der Waals surface area contributed by atoms with Crippen molar-refractivity contribution >= 4 is 21.7 Å². The Bertz CT molecular complexity index is 1290. The van der Waals surface area contributed by atoms with Crippen molar-refractivity contribution in [3.63, 3.8) is 0 Å². The molecule has 0 amide bonds. The number of allylic oxidation sites excluding steroid dienone is 4. The van der Waals surface area contributed by atoms with E-state index in [1.807, 2.05) is 24.8 Å². The SMILES string of the molecule is C1=CCCC=C1.CCC1CC[C@H](C)N(Cc2ccc(N3CCC(C(=O)OC)(n4cnnc4)CC3)cc2F)S1(=O)=O. The zero-order valence-corrected chi connectivity index (χ0v) is 24.4.